The van der Waals surface area contributed by atoms with E-state index in [4.69, 9.17) is 11.6 Å². The third-order valence-corrected chi connectivity index (χ3v) is 3.46. The maximum Gasteiger partial charge on any atom is 0.208 e. The minimum Gasteiger partial charge on any atom is -0.301 e. The van der Waals surface area contributed by atoms with Gasteiger partial charge in [0.15, 0.2) is 0 Å². The van der Waals surface area contributed by atoms with Crippen LogP contribution < -0.4 is 4.72 Å². The number of halogens is 1. The molecule has 0 heterocycles. The Morgan fingerprint density at radius 1 is 1.35 bits per heavy atom. The van der Waals surface area contributed by atoms with Gasteiger partial charge in [-0.25, -0.2) is 13.1 Å². The Morgan fingerprint density at radius 3 is 2.41 bits per heavy atom. The molecule has 0 aliphatic heterocycles. The number of benzene rings is 1. The zero-order chi connectivity index (χ0) is 13.1. The van der Waals surface area contributed by atoms with Crippen molar-refractivity contribution >= 4 is 21.6 Å². The summed E-state index contributed by atoms with van der Waals surface area (Å²) in [5.74, 6) is 0. The molecule has 17 heavy (non-hydrogen) atoms. The van der Waals surface area contributed by atoms with Crippen LogP contribution in [0.15, 0.2) is 24.3 Å². The predicted octanol–water partition coefficient (Wildman–Crippen LogP) is 1.49. The molecule has 0 aromatic heterocycles. The highest BCUT2D eigenvalue weighted by Crippen LogP contribution is 2.25. The molecule has 0 spiro atoms. The van der Waals surface area contributed by atoms with E-state index in [1.807, 2.05) is 37.2 Å². The molecule has 0 radical (unpaired) electrons. The quantitative estimate of drug-likeness (QED) is 0.887. The van der Waals surface area contributed by atoms with E-state index in [0.717, 1.165) is 11.8 Å². The maximum absolute atomic E-state index is 11.1. The van der Waals surface area contributed by atoms with Gasteiger partial charge in [-0.2, -0.15) is 0 Å². The molecular weight excluding hydrogens is 260 g/mol. The Morgan fingerprint density at radius 2 is 1.94 bits per heavy atom. The molecule has 1 rings (SSSR count). The van der Waals surface area contributed by atoms with E-state index in [1.54, 1.807) is 6.07 Å². The first-order valence-corrected chi connectivity index (χ1v) is 7.43. The number of hydrogen-bond donors (Lipinski definition) is 1. The minimum absolute atomic E-state index is 0.0848. The average Bonchev–Trinajstić information content (AvgIpc) is 2.18. The Labute approximate surface area is 108 Å². The summed E-state index contributed by atoms with van der Waals surface area (Å²) < 4.78 is 24.7. The summed E-state index contributed by atoms with van der Waals surface area (Å²) in [5.41, 5.74) is 0.912. The summed E-state index contributed by atoms with van der Waals surface area (Å²) in [4.78, 5) is 1.93. The zero-order valence-electron chi connectivity index (χ0n) is 10.1. The summed E-state index contributed by atoms with van der Waals surface area (Å²) >= 11 is 6.11. The summed E-state index contributed by atoms with van der Waals surface area (Å²) in [5, 5.41) is 0.640. The lowest BCUT2D eigenvalue weighted by atomic mass is 10.1. The van der Waals surface area contributed by atoms with Crippen LogP contribution in [0.1, 0.15) is 11.6 Å². The molecule has 1 N–H and O–H groups in total. The van der Waals surface area contributed by atoms with Crippen molar-refractivity contribution < 1.29 is 8.42 Å². The van der Waals surface area contributed by atoms with E-state index in [-0.39, 0.29) is 6.04 Å². The van der Waals surface area contributed by atoms with Crippen molar-refractivity contribution in [3.63, 3.8) is 0 Å². The van der Waals surface area contributed by atoms with E-state index >= 15 is 0 Å². The standard InChI is InChI=1S/C11H17ClN2O2S/c1-14(2)11(8-13-17(3,15)16)9-6-4-5-7-10(9)12/h4-7,11,13H,8H2,1-3H3. The molecule has 1 aromatic rings. The highest BCUT2D eigenvalue weighted by Gasteiger charge is 2.18. The van der Waals surface area contributed by atoms with Gasteiger partial charge in [-0.15, -0.1) is 0 Å². The third-order valence-electron chi connectivity index (χ3n) is 2.43. The van der Waals surface area contributed by atoms with Crippen molar-refractivity contribution in [2.75, 3.05) is 26.9 Å². The largest absolute Gasteiger partial charge is 0.301 e. The summed E-state index contributed by atoms with van der Waals surface area (Å²) in [7, 11) is 0.580. The van der Waals surface area contributed by atoms with Crippen molar-refractivity contribution in [3.05, 3.63) is 34.9 Å². The normalized spacial score (nSPS) is 13.9. The van der Waals surface area contributed by atoms with Crippen molar-refractivity contribution in [1.82, 2.24) is 9.62 Å². The lowest BCUT2D eigenvalue weighted by molar-refractivity contribution is 0.299. The van der Waals surface area contributed by atoms with Crippen molar-refractivity contribution in [2.45, 2.75) is 6.04 Å². The molecule has 0 amide bonds. The summed E-state index contributed by atoms with van der Waals surface area (Å²) in [6.07, 6.45) is 1.15. The maximum atomic E-state index is 11.1. The highest BCUT2D eigenvalue weighted by molar-refractivity contribution is 7.88. The highest BCUT2D eigenvalue weighted by atomic mass is 35.5. The second-order valence-electron chi connectivity index (χ2n) is 4.12. The van der Waals surface area contributed by atoms with Gasteiger partial charge in [0.25, 0.3) is 0 Å². The van der Waals surface area contributed by atoms with Crippen LogP contribution in [0.4, 0.5) is 0 Å². The molecule has 1 unspecified atom stereocenters. The van der Waals surface area contributed by atoms with Crippen LogP contribution in [0.5, 0.6) is 0 Å². The van der Waals surface area contributed by atoms with Crippen LogP contribution in [0.3, 0.4) is 0 Å². The Bertz CT molecular complexity index is 474. The third kappa shape index (κ3) is 4.63. The predicted molar refractivity (Wildman–Crippen MR) is 70.7 cm³/mol. The van der Waals surface area contributed by atoms with E-state index < -0.39 is 10.0 Å². The van der Waals surface area contributed by atoms with Gasteiger partial charge in [0, 0.05) is 17.6 Å². The number of nitrogens with one attached hydrogen (secondary N) is 1. The van der Waals surface area contributed by atoms with Gasteiger partial charge < -0.3 is 4.90 Å². The lowest BCUT2D eigenvalue weighted by Crippen LogP contribution is -2.34. The van der Waals surface area contributed by atoms with E-state index in [9.17, 15) is 8.42 Å². The molecule has 0 saturated carbocycles. The SMILES string of the molecule is CN(C)C(CNS(C)(=O)=O)c1ccccc1Cl. The van der Waals surface area contributed by atoms with Crippen LogP contribution in [-0.2, 0) is 10.0 Å². The van der Waals surface area contributed by atoms with Gasteiger partial charge in [-0.05, 0) is 25.7 Å². The number of hydrogen-bond acceptors (Lipinski definition) is 3. The molecule has 0 aliphatic carbocycles. The van der Waals surface area contributed by atoms with Crippen molar-refractivity contribution in [3.8, 4) is 0 Å². The first kappa shape index (κ1) is 14.4. The topological polar surface area (TPSA) is 49.4 Å². The lowest BCUT2D eigenvalue weighted by Gasteiger charge is -2.25. The molecule has 4 nitrogen and oxygen atoms in total. The Balaban J connectivity index is 2.91. The van der Waals surface area contributed by atoms with E-state index in [0.29, 0.717) is 11.6 Å². The van der Waals surface area contributed by atoms with Crippen molar-refractivity contribution in [1.29, 1.82) is 0 Å². The second-order valence-corrected chi connectivity index (χ2v) is 6.36. The van der Waals surface area contributed by atoms with Gasteiger partial charge in [0.05, 0.1) is 6.26 Å². The molecule has 0 fully saturated rings. The summed E-state index contributed by atoms with van der Waals surface area (Å²) in [6.45, 7) is 0.301. The van der Waals surface area contributed by atoms with Crippen LogP contribution in [0.2, 0.25) is 5.02 Å². The molecule has 0 bridgehead atoms. The fourth-order valence-corrected chi connectivity index (χ4v) is 2.27. The number of likely N-dealkylation sites (N-methyl/N-ethyl adjacent to an activating group) is 1. The van der Waals surface area contributed by atoms with Crippen LogP contribution >= 0.6 is 11.6 Å². The molecule has 1 atom stereocenters. The Hall–Kier alpha value is -0.620. The van der Waals surface area contributed by atoms with E-state index in [2.05, 4.69) is 4.72 Å². The monoisotopic (exact) mass is 276 g/mol. The van der Waals surface area contributed by atoms with Gasteiger partial charge in [0.1, 0.15) is 0 Å². The zero-order valence-corrected chi connectivity index (χ0v) is 11.7. The molecule has 6 heteroatoms. The fourth-order valence-electron chi connectivity index (χ4n) is 1.55. The summed E-state index contributed by atoms with van der Waals surface area (Å²) in [6, 6.07) is 7.35. The van der Waals surface area contributed by atoms with Crippen molar-refractivity contribution in [2.24, 2.45) is 0 Å². The van der Waals surface area contributed by atoms with Crippen LogP contribution in [-0.4, -0.2) is 40.2 Å². The van der Waals surface area contributed by atoms with Gasteiger partial charge in [-0.1, -0.05) is 29.8 Å². The van der Waals surface area contributed by atoms with Crippen LogP contribution in [0.25, 0.3) is 0 Å². The van der Waals surface area contributed by atoms with Crippen LogP contribution in [0, 0.1) is 0 Å². The van der Waals surface area contributed by atoms with Gasteiger partial charge in [-0.3, -0.25) is 0 Å². The van der Waals surface area contributed by atoms with Gasteiger partial charge in [0.2, 0.25) is 10.0 Å². The number of nitrogens with zero attached hydrogens (tertiary/aromatic N) is 1. The molecule has 1 aromatic carbocycles. The number of rotatable bonds is 5. The smallest absolute Gasteiger partial charge is 0.208 e. The van der Waals surface area contributed by atoms with Gasteiger partial charge >= 0.3 is 0 Å². The first-order valence-electron chi connectivity index (χ1n) is 5.17. The average molecular weight is 277 g/mol. The molecular formula is C11H17ClN2O2S. The van der Waals surface area contributed by atoms with E-state index in [1.165, 1.54) is 0 Å². The minimum atomic E-state index is -3.19. The second kappa shape index (κ2) is 5.82. The number of sulfonamides is 1. The fraction of sp³-hybridized carbons (Fsp3) is 0.455. The Kier molecular flexibility index (Phi) is 4.94. The first-order chi connectivity index (χ1) is 7.81. The molecule has 0 aliphatic rings. The molecule has 96 valence electrons. The molecule has 0 saturated heterocycles.